The van der Waals surface area contributed by atoms with Crippen LogP contribution in [0.25, 0.3) is 0 Å². The lowest BCUT2D eigenvalue weighted by atomic mass is 9.97. The predicted octanol–water partition coefficient (Wildman–Crippen LogP) is 2.55. The van der Waals surface area contributed by atoms with Gasteiger partial charge in [0, 0.05) is 26.2 Å². The zero-order valence-corrected chi connectivity index (χ0v) is 15.7. The third-order valence-electron chi connectivity index (χ3n) is 3.79. The van der Waals surface area contributed by atoms with Gasteiger partial charge in [-0.25, -0.2) is 8.78 Å². The molecule has 0 aromatic heterocycles. The Morgan fingerprint density at radius 3 is 2.54 bits per heavy atom. The first-order valence-electron chi connectivity index (χ1n) is 7.49. The number of halogens is 4. The first kappa shape index (κ1) is 21.4. The van der Waals surface area contributed by atoms with Gasteiger partial charge in [0.2, 0.25) is 0 Å². The van der Waals surface area contributed by atoms with E-state index in [2.05, 4.69) is 21.2 Å². The van der Waals surface area contributed by atoms with E-state index in [9.17, 15) is 13.9 Å². The Balaban J connectivity index is 0.00000288. The average Bonchev–Trinajstić information content (AvgIpc) is 2.53. The molecule has 5 nitrogen and oxygen atoms in total. The fourth-order valence-corrected chi connectivity index (χ4v) is 3.23. The number of aliphatic hydroxyl groups excluding tert-OH is 1. The number of alkyl halides is 2. The van der Waals surface area contributed by atoms with E-state index in [1.807, 2.05) is 0 Å². The second kappa shape index (κ2) is 9.15. The van der Waals surface area contributed by atoms with Crippen LogP contribution >= 0.6 is 28.3 Å². The van der Waals surface area contributed by atoms with E-state index in [4.69, 9.17) is 9.84 Å². The lowest BCUT2D eigenvalue weighted by molar-refractivity contribution is -0.118. The summed E-state index contributed by atoms with van der Waals surface area (Å²) >= 11 is 3.18. The van der Waals surface area contributed by atoms with Crippen LogP contribution in [0.4, 0.5) is 8.78 Å². The first-order valence-corrected chi connectivity index (χ1v) is 8.28. The number of benzene rings is 1. The highest BCUT2D eigenvalue weighted by Gasteiger charge is 2.44. The summed E-state index contributed by atoms with van der Waals surface area (Å²) in [5.41, 5.74) is 0.291. The molecule has 1 aromatic rings. The molecule has 1 aromatic carbocycles. The Labute approximate surface area is 154 Å². The third-order valence-corrected chi connectivity index (χ3v) is 4.40. The summed E-state index contributed by atoms with van der Waals surface area (Å²) in [4.78, 5) is 1.64. The number of hydrogen-bond acceptors (Lipinski definition) is 5. The average molecular weight is 432 g/mol. The Bertz CT molecular complexity index is 546. The van der Waals surface area contributed by atoms with Gasteiger partial charge >= 0.3 is 0 Å². The largest absolute Gasteiger partial charge is 0.503 e. The van der Waals surface area contributed by atoms with Gasteiger partial charge in [0.1, 0.15) is 12.6 Å². The highest BCUT2D eigenvalue weighted by Crippen LogP contribution is 2.43. The number of piperazine rings is 1. The summed E-state index contributed by atoms with van der Waals surface area (Å²) in [5, 5.41) is 22.3. The Kier molecular flexibility index (Phi) is 8.14. The Morgan fingerprint density at radius 2 is 2.00 bits per heavy atom. The maximum atomic E-state index is 14.4. The fraction of sp³-hybridized carbons (Fsp3) is 0.600. The van der Waals surface area contributed by atoms with Crippen LogP contribution in [-0.2, 0) is 0 Å². The van der Waals surface area contributed by atoms with Crippen LogP contribution in [0.2, 0.25) is 0 Å². The molecule has 1 saturated heterocycles. The minimum Gasteiger partial charge on any atom is -0.503 e. The molecule has 1 atom stereocenters. The summed E-state index contributed by atoms with van der Waals surface area (Å²) in [7, 11) is 0. The first-order chi connectivity index (χ1) is 10.9. The van der Waals surface area contributed by atoms with Gasteiger partial charge in [-0.3, -0.25) is 4.90 Å². The van der Waals surface area contributed by atoms with Crippen molar-refractivity contribution in [2.45, 2.75) is 18.9 Å². The predicted molar refractivity (Wildman–Crippen MR) is 93.4 cm³/mol. The lowest BCUT2D eigenvalue weighted by Crippen LogP contribution is -2.51. The van der Waals surface area contributed by atoms with Crippen LogP contribution in [-0.4, -0.2) is 60.4 Å². The summed E-state index contributed by atoms with van der Waals surface area (Å²) in [6.07, 6.45) is 0. The molecular weight excluding hydrogens is 410 g/mol. The number of nitrogens with one attached hydrogen (secondary N) is 1. The molecule has 0 saturated carbocycles. The van der Waals surface area contributed by atoms with Crippen LogP contribution in [0.3, 0.4) is 0 Å². The Hall–Kier alpha value is -0.670. The van der Waals surface area contributed by atoms with Crippen LogP contribution < -0.4 is 10.1 Å². The van der Waals surface area contributed by atoms with Crippen molar-refractivity contribution in [1.29, 1.82) is 0 Å². The molecule has 0 amide bonds. The number of hydrogen-bond donors (Lipinski definition) is 3. The van der Waals surface area contributed by atoms with Gasteiger partial charge in [0.25, 0.3) is 5.92 Å². The van der Waals surface area contributed by atoms with Gasteiger partial charge in [0.15, 0.2) is 11.5 Å². The van der Waals surface area contributed by atoms with E-state index >= 15 is 0 Å². The molecule has 1 fully saturated rings. The van der Waals surface area contributed by atoms with E-state index < -0.39 is 18.6 Å². The second-order valence-electron chi connectivity index (χ2n) is 5.39. The van der Waals surface area contributed by atoms with Crippen LogP contribution in [0.1, 0.15) is 18.5 Å². The summed E-state index contributed by atoms with van der Waals surface area (Å²) < 4.78 is 34.4. The topological polar surface area (TPSA) is 65.0 Å². The molecule has 0 bridgehead atoms. The number of phenolic OH excluding ortho intramolecular Hbond substituents is 1. The number of rotatable bonds is 6. The summed E-state index contributed by atoms with van der Waals surface area (Å²) in [6, 6.07) is 1.58. The molecule has 3 N–H and O–H groups in total. The van der Waals surface area contributed by atoms with Crippen molar-refractivity contribution in [2.24, 2.45) is 0 Å². The molecule has 0 unspecified atom stereocenters. The summed E-state index contributed by atoms with van der Waals surface area (Å²) in [6.45, 7) is 2.91. The highest BCUT2D eigenvalue weighted by molar-refractivity contribution is 9.10. The maximum Gasteiger partial charge on any atom is 0.289 e. The van der Waals surface area contributed by atoms with E-state index in [1.165, 1.54) is 12.1 Å². The lowest BCUT2D eigenvalue weighted by Gasteiger charge is -2.39. The number of nitrogens with zero attached hydrogens (tertiary/aromatic N) is 1. The number of aromatic hydroxyl groups is 1. The minimum absolute atomic E-state index is 0. The molecule has 1 aliphatic heterocycles. The molecule has 2 rings (SSSR count). The van der Waals surface area contributed by atoms with Crippen molar-refractivity contribution in [2.75, 3.05) is 39.4 Å². The zero-order valence-electron chi connectivity index (χ0n) is 13.3. The third kappa shape index (κ3) is 4.70. The number of aliphatic hydroxyl groups is 1. The van der Waals surface area contributed by atoms with Crippen LogP contribution in [0.15, 0.2) is 16.6 Å². The normalized spacial score (nSPS) is 17.2. The number of ether oxygens (including phenoxy) is 1. The van der Waals surface area contributed by atoms with Gasteiger partial charge < -0.3 is 20.3 Å². The fourth-order valence-electron chi connectivity index (χ4n) is 2.77. The van der Waals surface area contributed by atoms with Gasteiger partial charge in [0.05, 0.1) is 11.1 Å². The van der Waals surface area contributed by atoms with Gasteiger partial charge in [-0.2, -0.15) is 0 Å². The van der Waals surface area contributed by atoms with E-state index in [-0.39, 0.29) is 28.4 Å². The molecule has 1 aliphatic rings. The number of phenols is 1. The standard InChI is InChI=1S/C15H21BrF2N2O3.ClH/c1-2-23-12-8-10(7-11(16)13(12)22)14(15(17,18)9-21)20-5-3-19-4-6-20;/h7-8,14,19,21-22H,2-6,9H2,1H3;1H/t14-;/m0./s1. The van der Waals surface area contributed by atoms with Crippen molar-refractivity contribution < 1.29 is 23.7 Å². The van der Waals surface area contributed by atoms with Crippen LogP contribution in [0.5, 0.6) is 11.5 Å². The highest BCUT2D eigenvalue weighted by atomic mass is 79.9. The monoisotopic (exact) mass is 430 g/mol. The molecule has 138 valence electrons. The molecule has 0 aliphatic carbocycles. The van der Waals surface area contributed by atoms with Crippen LogP contribution in [0, 0.1) is 0 Å². The SMILES string of the molecule is CCOc1cc([C@H](N2CCNCC2)C(F)(F)CO)cc(Br)c1O.Cl. The van der Waals surface area contributed by atoms with Crippen molar-refractivity contribution in [3.8, 4) is 11.5 Å². The van der Waals surface area contributed by atoms with Crippen molar-refractivity contribution in [3.63, 3.8) is 0 Å². The quantitative estimate of drug-likeness (QED) is 0.646. The molecular formula is C15H22BrClF2N2O3. The van der Waals surface area contributed by atoms with Crippen molar-refractivity contribution in [1.82, 2.24) is 10.2 Å². The Morgan fingerprint density at radius 1 is 1.38 bits per heavy atom. The van der Waals surface area contributed by atoms with Crippen molar-refractivity contribution in [3.05, 3.63) is 22.2 Å². The second-order valence-corrected chi connectivity index (χ2v) is 6.24. The van der Waals surface area contributed by atoms with E-state index in [1.54, 1.807) is 11.8 Å². The zero-order chi connectivity index (χ0) is 17.0. The van der Waals surface area contributed by atoms with E-state index in [0.29, 0.717) is 38.3 Å². The molecule has 24 heavy (non-hydrogen) atoms. The maximum absolute atomic E-state index is 14.4. The molecule has 0 radical (unpaired) electrons. The smallest absolute Gasteiger partial charge is 0.289 e. The van der Waals surface area contributed by atoms with Gasteiger partial charge in [-0.05, 0) is 40.5 Å². The van der Waals surface area contributed by atoms with Crippen molar-refractivity contribution >= 4 is 28.3 Å². The van der Waals surface area contributed by atoms with Gasteiger partial charge in [-0.15, -0.1) is 12.4 Å². The molecule has 0 spiro atoms. The minimum atomic E-state index is -3.31. The van der Waals surface area contributed by atoms with E-state index in [0.717, 1.165) is 0 Å². The van der Waals surface area contributed by atoms with Gasteiger partial charge in [-0.1, -0.05) is 0 Å². The molecule has 1 heterocycles. The summed E-state index contributed by atoms with van der Waals surface area (Å²) in [5.74, 6) is -3.29. The molecule has 9 heteroatoms.